The van der Waals surface area contributed by atoms with E-state index >= 15 is 0 Å². The van der Waals surface area contributed by atoms with Crippen LogP contribution < -0.4 is 14.8 Å². The van der Waals surface area contributed by atoms with Crippen molar-refractivity contribution >= 4 is 33.2 Å². The second-order valence-electron chi connectivity index (χ2n) is 8.13. The number of benzene rings is 3. The normalized spacial score (nSPS) is 16.5. The Morgan fingerprint density at radius 2 is 1.80 bits per heavy atom. The van der Waals surface area contributed by atoms with Crippen LogP contribution in [0.2, 0.25) is 5.02 Å². The number of carbonyl (C=O) groups is 1. The smallest absolute Gasteiger partial charge is 0.243 e. The Labute approximate surface area is 210 Å². The minimum absolute atomic E-state index is 0.0774. The molecule has 3 aromatic rings. The lowest BCUT2D eigenvalue weighted by Crippen LogP contribution is -2.43. The van der Waals surface area contributed by atoms with Crippen molar-refractivity contribution in [1.82, 2.24) is 4.31 Å². The zero-order valence-electron chi connectivity index (χ0n) is 19.3. The van der Waals surface area contributed by atoms with Gasteiger partial charge >= 0.3 is 0 Å². The topological polar surface area (TPSA) is 84.9 Å². The number of piperidine rings is 1. The molecule has 9 heteroatoms. The van der Waals surface area contributed by atoms with E-state index in [0.717, 1.165) is 0 Å². The number of amides is 1. The molecule has 1 atom stereocenters. The van der Waals surface area contributed by atoms with Crippen molar-refractivity contribution in [3.8, 4) is 17.2 Å². The molecule has 1 amide bonds. The summed E-state index contributed by atoms with van der Waals surface area (Å²) in [5.41, 5.74) is 0.527. The predicted molar refractivity (Wildman–Crippen MR) is 136 cm³/mol. The predicted octanol–water partition coefficient (Wildman–Crippen LogP) is 5.57. The third kappa shape index (κ3) is 5.96. The van der Waals surface area contributed by atoms with Crippen LogP contribution in [0.1, 0.15) is 19.8 Å². The number of sulfonamides is 1. The van der Waals surface area contributed by atoms with Gasteiger partial charge in [0.1, 0.15) is 11.5 Å². The van der Waals surface area contributed by atoms with Crippen molar-refractivity contribution in [2.24, 2.45) is 5.92 Å². The van der Waals surface area contributed by atoms with Crippen LogP contribution in [-0.2, 0) is 14.8 Å². The van der Waals surface area contributed by atoms with E-state index in [1.807, 2.05) is 43.3 Å². The van der Waals surface area contributed by atoms with Crippen LogP contribution in [0.3, 0.4) is 0 Å². The fourth-order valence-electron chi connectivity index (χ4n) is 3.95. The van der Waals surface area contributed by atoms with Crippen LogP contribution in [0.25, 0.3) is 0 Å². The van der Waals surface area contributed by atoms with E-state index in [9.17, 15) is 13.2 Å². The van der Waals surface area contributed by atoms with E-state index in [0.29, 0.717) is 48.9 Å². The Morgan fingerprint density at radius 1 is 1.06 bits per heavy atom. The van der Waals surface area contributed by atoms with Crippen molar-refractivity contribution in [1.29, 1.82) is 0 Å². The minimum atomic E-state index is -3.82. The molecule has 1 N–H and O–H groups in total. The number of ether oxygens (including phenoxy) is 2. The second kappa shape index (κ2) is 11.1. The molecular formula is C26H27ClN2O5S. The zero-order valence-corrected chi connectivity index (χ0v) is 20.9. The van der Waals surface area contributed by atoms with Gasteiger partial charge in [0.2, 0.25) is 15.9 Å². The van der Waals surface area contributed by atoms with Crippen LogP contribution in [0, 0.1) is 5.92 Å². The van der Waals surface area contributed by atoms with Gasteiger partial charge in [-0.1, -0.05) is 41.9 Å². The molecule has 0 aliphatic carbocycles. The van der Waals surface area contributed by atoms with E-state index in [2.05, 4.69) is 5.32 Å². The van der Waals surface area contributed by atoms with Crippen LogP contribution in [-0.4, -0.2) is 38.3 Å². The summed E-state index contributed by atoms with van der Waals surface area (Å²) in [6, 6.07) is 20.9. The molecule has 0 unspecified atom stereocenters. The summed E-state index contributed by atoms with van der Waals surface area (Å²) in [6.07, 6.45) is 1.16. The molecule has 0 spiro atoms. The first-order chi connectivity index (χ1) is 16.9. The maximum atomic E-state index is 13.3. The van der Waals surface area contributed by atoms with Crippen LogP contribution >= 0.6 is 11.6 Å². The molecule has 7 nitrogen and oxygen atoms in total. The molecule has 1 aliphatic heterocycles. The summed E-state index contributed by atoms with van der Waals surface area (Å²) in [6.45, 7) is 2.67. The molecule has 184 valence electrons. The Morgan fingerprint density at radius 3 is 2.54 bits per heavy atom. The highest BCUT2D eigenvalue weighted by Gasteiger charge is 2.34. The fourth-order valence-corrected chi connectivity index (χ4v) is 5.80. The number of carbonyl (C=O) groups excluding carboxylic acids is 1. The van der Waals surface area contributed by atoms with Gasteiger partial charge in [0.25, 0.3) is 0 Å². The molecule has 0 aromatic heterocycles. The summed E-state index contributed by atoms with van der Waals surface area (Å²) in [7, 11) is -3.82. The first kappa shape index (κ1) is 25.0. The maximum Gasteiger partial charge on any atom is 0.243 e. The molecular weight excluding hydrogens is 488 g/mol. The van der Waals surface area contributed by atoms with E-state index in [1.54, 1.807) is 24.3 Å². The fraction of sp³-hybridized carbons (Fsp3) is 0.269. The third-order valence-corrected chi connectivity index (χ3v) is 7.87. The number of para-hydroxylation sites is 3. The lowest BCUT2D eigenvalue weighted by atomic mass is 9.98. The van der Waals surface area contributed by atoms with E-state index < -0.39 is 15.9 Å². The lowest BCUT2D eigenvalue weighted by Gasteiger charge is -2.31. The molecule has 0 bridgehead atoms. The van der Waals surface area contributed by atoms with Crippen molar-refractivity contribution in [3.05, 3.63) is 77.8 Å². The average Bonchev–Trinajstić information content (AvgIpc) is 2.87. The Kier molecular flexibility index (Phi) is 7.95. The van der Waals surface area contributed by atoms with Gasteiger partial charge in [-0.25, -0.2) is 8.42 Å². The van der Waals surface area contributed by atoms with Gasteiger partial charge < -0.3 is 14.8 Å². The number of hydrogen-bond donors (Lipinski definition) is 1. The van der Waals surface area contributed by atoms with Crippen LogP contribution in [0.4, 0.5) is 5.69 Å². The first-order valence-corrected chi connectivity index (χ1v) is 13.3. The average molecular weight is 515 g/mol. The van der Waals surface area contributed by atoms with Crippen LogP contribution in [0.5, 0.6) is 17.2 Å². The third-order valence-electron chi connectivity index (χ3n) is 5.71. The van der Waals surface area contributed by atoms with Crippen molar-refractivity contribution < 1.29 is 22.7 Å². The van der Waals surface area contributed by atoms with Crippen molar-refractivity contribution in [3.63, 3.8) is 0 Å². The van der Waals surface area contributed by atoms with Gasteiger partial charge in [0.05, 0.1) is 28.1 Å². The van der Waals surface area contributed by atoms with E-state index in [-0.39, 0.29) is 22.4 Å². The molecule has 35 heavy (non-hydrogen) atoms. The molecule has 0 saturated carbocycles. The molecule has 4 rings (SSSR count). The largest absolute Gasteiger partial charge is 0.492 e. The number of hydrogen-bond acceptors (Lipinski definition) is 5. The number of nitrogens with one attached hydrogen (secondary N) is 1. The van der Waals surface area contributed by atoms with Gasteiger partial charge in [-0.3, -0.25) is 4.79 Å². The Bertz CT molecular complexity index is 1280. The van der Waals surface area contributed by atoms with E-state index in [4.69, 9.17) is 21.1 Å². The van der Waals surface area contributed by atoms with Crippen molar-refractivity contribution in [2.45, 2.75) is 24.7 Å². The van der Waals surface area contributed by atoms with Gasteiger partial charge in [0.15, 0.2) is 5.75 Å². The van der Waals surface area contributed by atoms with E-state index in [1.165, 1.54) is 16.4 Å². The highest BCUT2D eigenvalue weighted by Crippen LogP contribution is 2.32. The summed E-state index contributed by atoms with van der Waals surface area (Å²) in [5, 5.41) is 3.15. The molecule has 1 fully saturated rings. The molecule has 1 aliphatic rings. The van der Waals surface area contributed by atoms with Gasteiger partial charge in [-0.2, -0.15) is 4.31 Å². The highest BCUT2D eigenvalue weighted by molar-refractivity contribution is 7.89. The number of rotatable bonds is 8. The summed E-state index contributed by atoms with van der Waals surface area (Å²) >= 11 is 6.21. The van der Waals surface area contributed by atoms with Crippen molar-refractivity contribution in [2.75, 3.05) is 25.0 Å². The number of halogens is 1. The standard InChI is InChI=1S/C26H27ClN2O5S/c1-2-33-24-15-14-21(17-22(24)27)35(31,32)29-16-8-9-19(18-29)26(30)28-23-12-6-7-13-25(23)34-20-10-4-3-5-11-20/h3-7,10-15,17,19H,2,8-9,16,18H2,1H3,(H,28,30)/t19-/m1/s1. The quantitative estimate of drug-likeness (QED) is 0.424. The first-order valence-electron chi connectivity index (χ1n) is 11.4. The monoisotopic (exact) mass is 514 g/mol. The summed E-state index contributed by atoms with van der Waals surface area (Å²) in [5.74, 6) is 0.843. The Balaban J connectivity index is 1.47. The van der Waals surface area contributed by atoms with Gasteiger partial charge in [-0.05, 0) is 62.2 Å². The van der Waals surface area contributed by atoms with Crippen LogP contribution in [0.15, 0.2) is 77.7 Å². The maximum absolute atomic E-state index is 13.3. The lowest BCUT2D eigenvalue weighted by molar-refractivity contribution is -0.120. The highest BCUT2D eigenvalue weighted by atomic mass is 35.5. The SMILES string of the molecule is CCOc1ccc(S(=O)(=O)N2CCC[C@@H](C(=O)Nc3ccccc3Oc3ccccc3)C2)cc1Cl. The molecule has 3 aromatic carbocycles. The minimum Gasteiger partial charge on any atom is -0.492 e. The van der Waals surface area contributed by atoms with Gasteiger partial charge in [0, 0.05) is 13.1 Å². The number of anilines is 1. The Hall–Kier alpha value is -3.07. The summed E-state index contributed by atoms with van der Waals surface area (Å²) < 4.78 is 39.2. The number of nitrogens with zero attached hydrogens (tertiary/aromatic N) is 1. The van der Waals surface area contributed by atoms with Gasteiger partial charge in [-0.15, -0.1) is 0 Å². The summed E-state index contributed by atoms with van der Waals surface area (Å²) in [4.78, 5) is 13.2. The molecule has 0 radical (unpaired) electrons. The zero-order chi connectivity index (χ0) is 24.8. The molecule has 1 saturated heterocycles. The second-order valence-corrected chi connectivity index (χ2v) is 10.5. The molecule has 1 heterocycles.